The van der Waals surface area contributed by atoms with E-state index in [-0.39, 0.29) is 29.4 Å². The molecule has 112 valence electrons. The van der Waals surface area contributed by atoms with Gasteiger partial charge in [-0.05, 0) is 24.5 Å². The number of hydrogen-bond donors (Lipinski definition) is 3. The van der Waals surface area contributed by atoms with Gasteiger partial charge in [0.05, 0.1) is 0 Å². The van der Waals surface area contributed by atoms with Gasteiger partial charge >= 0.3 is 0 Å². The van der Waals surface area contributed by atoms with Gasteiger partial charge in [-0.2, -0.15) is 0 Å². The fourth-order valence-electron chi connectivity index (χ4n) is 2.30. The predicted molar refractivity (Wildman–Crippen MR) is 82.4 cm³/mol. The number of pyridine rings is 1. The summed E-state index contributed by atoms with van der Waals surface area (Å²) in [5.41, 5.74) is 0.565. The standard InChI is InChI=1S/C16H20N2O3/c1-2-11(7-8-19)9-18-16(21)13-10-17-14-6-4-3-5-12(14)15(13)20/h3-6,10-11,19H,2,7-9H2,1H3,(H,17,20)(H,18,21). The number of rotatable bonds is 6. The minimum absolute atomic E-state index is 0.102. The summed E-state index contributed by atoms with van der Waals surface area (Å²) < 4.78 is 0. The van der Waals surface area contributed by atoms with Crippen molar-refractivity contribution in [2.75, 3.05) is 13.2 Å². The zero-order valence-electron chi connectivity index (χ0n) is 12.1. The zero-order chi connectivity index (χ0) is 15.2. The molecule has 1 aromatic carbocycles. The molecule has 1 amide bonds. The molecule has 0 aliphatic heterocycles. The van der Waals surface area contributed by atoms with E-state index in [0.717, 1.165) is 6.42 Å². The van der Waals surface area contributed by atoms with E-state index in [4.69, 9.17) is 5.11 Å². The van der Waals surface area contributed by atoms with Gasteiger partial charge in [-0.3, -0.25) is 9.59 Å². The number of H-pyrrole nitrogens is 1. The van der Waals surface area contributed by atoms with E-state index in [0.29, 0.717) is 23.9 Å². The summed E-state index contributed by atoms with van der Waals surface area (Å²) in [5, 5.41) is 12.2. The average molecular weight is 288 g/mol. The fraction of sp³-hybridized carbons (Fsp3) is 0.375. The van der Waals surface area contributed by atoms with Gasteiger partial charge in [-0.25, -0.2) is 0 Å². The Morgan fingerprint density at radius 2 is 2.14 bits per heavy atom. The Morgan fingerprint density at radius 1 is 1.38 bits per heavy atom. The molecule has 5 heteroatoms. The van der Waals surface area contributed by atoms with Crippen LogP contribution in [0.4, 0.5) is 0 Å². The van der Waals surface area contributed by atoms with Crippen molar-refractivity contribution in [3.05, 3.63) is 46.2 Å². The normalized spacial score (nSPS) is 12.3. The quantitative estimate of drug-likeness (QED) is 0.756. The minimum Gasteiger partial charge on any atom is -0.396 e. The summed E-state index contributed by atoms with van der Waals surface area (Å²) in [6.45, 7) is 2.57. The molecule has 5 nitrogen and oxygen atoms in total. The Morgan fingerprint density at radius 3 is 2.86 bits per heavy atom. The summed E-state index contributed by atoms with van der Waals surface area (Å²) in [6.07, 6.45) is 2.97. The van der Waals surface area contributed by atoms with Crippen LogP contribution in [0.2, 0.25) is 0 Å². The van der Waals surface area contributed by atoms with Gasteiger partial charge in [0, 0.05) is 30.3 Å². The van der Waals surface area contributed by atoms with Crippen LogP contribution in [0.25, 0.3) is 10.9 Å². The summed E-state index contributed by atoms with van der Waals surface area (Å²) in [7, 11) is 0. The molecule has 3 N–H and O–H groups in total. The topological polar surface area (TPSA) is 82.2 Å². The first-order chi connectivity index (χ1) is 10.2. The number of benzene rings is 1. The Labute approximate surface area is 123 Å². The van der Waals surface area contributed by atoms with E-state index in [1.54, 1.807) is 18.2 Å². The van der Waals surface area contributed by atoms with Crippen molar-refractivity contribution in [3.63, 3.8) is 0 Å². The number of aliphatic hydroxyl groups is 1. The van der Waals surface area contributed by atoms with E-state index >= 15 is 0 Å². The van der Waals surface area contributed by atoms with Gasteiger partial charge in [-0.15, -0.1) is 0 Å². The van der Waals surface area contributed by atoms with Crippen molar-refractivity contribution in [1.82, 2.24) is 10.3 Å². The summed E-state index contributed by atoms with van der Waals surface area (Å²) in [5.74, 6) is -0.156. The Hall–Kier alpha value is -2.14. The molecule has 0 spiro atoms. The molecule has 0 bridgehead atoms. The summed E-state index contributed by atoms with van der Waals surface area (Å²) in [6, 6.07) is 7.10. The number of aromatic amines is 1. The SMILES string of the molecule is CCC(CCO)CNC(=O)c1c[nH]c2ccccc2c1=O. The monoisotopic (exact) mass is 288 g/mol. The smallest absolute Gasteiger partial charge is 0.256 e. The third kappa shape index (κ3) is 3.49. The first-order valence-electron chi connectivity index (χ1n) is 7.16. The molecule has 1 heterocycles. The molecule has 0 fully saturated rings. The molecular formula is C16H20N2O3. The maximum Gasteiger partial charge on any atom is 0.256 e. The number of carbonyl (C=O) groups is 1. The number of hydrogen-bond acceptors (Lipinski definition) is 3. The third-order valence-electron chi connectivity index (χ3n) is 3.70. The van der Waals surface area contributed by atoms with Crippen LogP contribution < -0.4 is 10.7 Å². The second kappa shape index (κ2) is 7.04. The first-order valence-corrected chi connectivity index (χ1v) is 7.16. The van der Waals surface area contributed by atoms with E-state index in [2.05, 4.69) is 10.3 Å². The molecule has 1 aromatic heterocycles. The Kier molecular flexibility index (Phi) is 5.11. The Bertz CT molecular complexity index is 679. The van der Waals surface area contributed by atoms with E-state index in [1.165, 1.54) is 6.20 Å². The van der Waals surface area contributed by atoms with E-state index in [9.17, 15) is 9.59 Å². The number of amides is 1. The van der Waals surface area contributed by atoms with Crippen LogP contribution in [-0.2, 0) is 0 Å². The van der Waals surface area contributed by atoms with Crippen LogP contribution in [0, 0.1) is 5.92 Å². The van der Waals surface area contributed by atoms with Gasteiger partial charge in [0.2, 0.25) is 5.43 Å². The number of carbonyl (C=O) groups excluding carboxylic acids is 1. The van der Waals surface area contributed by atoms with Crippen LogP contribution in [-0.4, -0.2) is 29.1 Å². The minimum atomic E-state index is -0.376. The number of para-hydroxylation sites is 1. The highest BCUT2D eigenvalue weighted by atomic mass is 16.3. The molecule has 0 aliphatic rings. The molecule has 0 saturated heterocycles. The van der Waals surface area contributed by atoms with Crippen LogP contribution >= 0.6 is 0 Å². The van der Waals surface area contributed by atoms with Crippen LogP contribution in [0.3, 0.4) is 0 Å². The molecule has 1 atom stereocenters. The predicted octanol–water partition coefficient (Wildman–Crippen LogP) is 1.67. The van der Waals surface area contributed by atoms with Gasteiger partial charge in [0.1, 0.15) is 5.56 Å². The highest BCUT2D eigenvalue weighted by molar-refractivity contribution is 5.97. The molecular weight excluding hydrogens is 268 g/mol. The average Bonchev–Trinajstić information content (AvgIpc) is 2.51. The van der Waals surface area contributed by atoms with Crippen LogP contribution in [0.15, 0.2) is 35.3 Å². The lowest BCUT2D eigenvalue weighted by Gasteiger charge is -2.14. The van der Waals surface area contributed by atoms with Crippen molar-refractivity contribution < 1.29 is 9.90 Å². The fourth-order valence-corrected chi connectivity index (χ4v) is 2.30. The molecule has 21 heavy (non-hydrogen) atoms. The number of nitrogens with one attached hydrogen (secondary N) is 2. The van der Waals surface area contributed by atoms with Crippen LogP contribution in [0.5, 0.6) is 0 Å². The van der Waals surface area contributed by atoms with E-state index < -0.39 is 0 Å². The molecule has 0 radical (unpaired) electrons. The van der Waals surface area contributed by atoms with Crippen molar-refractivity contribution in [2.24, 2.45) is 5.92 Å². The van der Waals surface area contributed by atoms with Crippen molar-refractivity contribution >= 4 is 16.8 Å². The molecule has 2 rings (SSSR count). The second-order valence-electron chi connectivity index (χ2n) is 5.07. The van der Waals surface area contributed by atoms with Gasteiger partial charge in [0.25, 0.3) is 5.91 Å². The molecule has 0 aliphatic carbocycles. The van der Waals surface area contributed by atoms with Gasteiger partial charge < -0.3 is 15.4 Å². The molecule has 1 unspecified atom stereocenters. The van der Waals surface area contributed by atoms with Crippen molar-refractivity contribution in [1.29, 1.82) is 0 Å². The van der Waals surface area contributed by atoms with Crippen molar-refractivity contribution in [3.8, 4) is 0 Å². The summed E-state index contributed by atoms with van der Waals surface area (Å²) in [4.78, 5) is 27.4. The van der Waals surface area contributed by atoms with E-state index in [1.807, 2.05) is 13.0 Å². The maximum atomic E-state index is 12.3. The number of aliphatic hydroxyl groups excluding tert-OH is 1. The largest absolute Gasteiger partial charge is 0.396 e. The van der Waals surface area contributed by atoms with Crippen molar-refractivity contribution in [2.45, 2.75) is 19.8 Å². The molecule has 0 saturated carbocycles. The lowest BCUT2D eigenvalue weighted by Crippen LogP contribution is -2.33. The highest BCUT2D eigenvalue weighted by Crippen LogP contribution is 2.08. The van der Waals surface area contributed by atoms with Gasteiger partial charge in [-0.1, -0.05) is 25.5 Å². The second-order valence-corrected chi connectivity index (χ2v) is 5.07. The number of aromatic nitrogens is 1. The first kappa shape index (κ1) is 15.3. The highest BCUT2D eigenvalue weighted by Gasteiger charge is 2.14. The van der Waals surface area contributed by atoms with Crippen LogP contribution in [0.1, 0.15) is 30.1 Å². The lowest BCUT2D eigenvalue weighted by atomic mass is 10.0. The summed E-state index contributed by atoms with van der Waals surface area (Å²) >= 11 is 0. The zero-order valence-corrected chi connectivity index (χ0v) is 12.1. The van der Waals surface area contributed by atoms with Gasteiger partial charge in [0.15, 0.2) is 0 Å². The third-order valence-corrected chi connectivity index (χ3v) is 3.70. The molecule has 2 aromatic rings. The Balaban J connectivity index is 2.16. The number of fused-ring (bicyclic) bond motifs is 1. The maximum absolute atomic E-state index is 12.3. The lowest BCUT2D eigenvalue weighted by molar-refractivity contribution is 0.0942.